The van der Waals surface area contributed by atoms with Gasteiger partial charge in [-0.15, -0.1) is 6.58 Å². The number of benzene rings is 1. The molecule has 3 aromatic rings. The Hall–Kier alpha value is -3.40. The van der Waals surface area contributed by atoms with E-state index >= 15 is 0 Å². The highest BCUT2D eigenvalue weighted by molar-refractivity contribution is 7.22. The van der Waals surface area contributed by atoms with E-state index in [0.29, 0.717) is 27.9 Å². The molecule has 4 rings (SSSR count). The molecule has 1 aromatic carbocycles. The number of fused-ring (bicyclic) bond motifs is 1. The molecule has 0 atom stereocenters. The minimum atomic E-state index is -0.579. The molecule has 0 radical (unpaired) electrons. The number of nitrogens with zero attached hydrogens (tertiary/aromatic N) is 4. The zero-order valence-electron chi connectivity index (χ0n) is 18.6. The summed E-state index contributed by atoms with van der Waals surface area (Å²) in [7, 11) is 0. The molecule has 9 nitrogen and oxygen atoms in total. The van der Waals surface area contributed by atoms with Gasteiger partial charge < -0.3 is 15.0 Å². The molecule has 1 aliphatic rings. The number of hydrogen-bond acceptors (Lipinski definition) is 7. The van der Waals surface area contributed by atoms with Crippen LogP contribution in [0.3, 0.4) is 0 Å². The van der Waals surface area contributed by atoms with Crippen molar-refractivity contribution in [3.63, 3.8) is 0 Å². The maximum Gasteiger partial charge on any atom is 0.333 e. The Morgan fingerprint density at radius 3 is 2.58 bits per heavy atom. The average Bonchev–Trinajstić information content (AvgIpc) is 3.27. The number of aromatic nitrogens is 3. The zero-order valence-corrected chi connectivity index (χ0v) is 19.4. The molecule has 1 aliphatic heterocycles. The quantitative estimate of drug-likeness (QED) is 0.510. The van der Waals surface area contributed by atoms with E-state index in [2.05, 4.69) is 21.8 Å². The Morgan fingerprint density at radius 1 is 1.18 bits per heavy atom. The van der Waals surface area contributed by atoms with Crippen LogP contribution in [0.25, 0.3) is 10.3 Å². The Bertz CT molecular complexity index is 1270. The van der Waals surface area contributed by atoms with E-state index in [1.165, 1.54) is 28.4 Å². The molecule has 1 N–H and O–H groups in total. The lowest BCUT2D eigenvalue weighted by Crippen LogP contribution is -2.41. The van der Waals surface area contributed by atoms with Crippen molar-refractivity contribution in [2.45, 2.75) is 39.3 Å². The number of allylic oxidation sites excluding steroid dienone is 1. The second-order valence-electron chi connectivity index (χ2n) is 7.78. The summed E-state index contributed by atoms with van der Waals surface area (Å²) >= 11 is 1.27. The Balaban J connectivity index is 1.67. The van der Waals surface area contributed by atoms with Crippen molar-refractivity contribution < 1.29 is 9.53 Å². The second kappa shape index (κ2) is 10.0. The topological polar surface area (TPSA) is 98.5 Å². The van der Waals surface area contributed by atoms with E-state index in [9.17, 15) is 14.4 Å². The summed E-state index contributed by atoms with van der Waals surface area (Å²) in [6.07, 6.45) is 4.79. The number of nitrogens with one attached hydrogen (secondary N) is 1. The van der Waals surface area contributed by atoms with Crippen LogP contribution in [0, 0.1) is 0 Å². The summed E-state index contributed by atoms with van der Waals surface area (Å²) in [5, 5.41) is 3.50. The van der Waals surface area contributed by atoms with Crippen LogP contribution in [0.1, 0.15) is 26.2 Å². The maximum atomic E-state index is 13.1. The molecule has 2 aromatic heterocycles. The van der Waals surface area contributed by atoms with Crippen molar-refractivity contribution in [2.75, 3.05) is 29.9 Å². The summed E-state index contributed by atoms with van der Waals surface area (Å²) in [5.41, 5.74) is -0.152. The molecule has 3 heterocycles. The molecular formula is C23H27N5O4S. The molecule has 0 aliphatic carbocycles. The maximum absolute atomic E-state index is 13.1. The summed E-state index contributed by atoms with van der Waals surface area (Å²) in [6.45, 7) is 7.63. The number of ether oxygens (including phenoxy) is 1. The van der Waals surface area contributed by atoms with E-state index in [1.54, 1.807) is 24.3 Å². The predicted molar refractivity (Wildman–Crippen MR) is 131 cm³/mol. The van der Waals surface area contributed by atoms with Crippen molar-refractivity contribution >= 4 is 38.4 Å². The molecule has 0 saturated carbocycles. The number of rotatable bonds is 8. The number of carbonyl (C=O) groups is 1. The van der Waals surface area contributed by atoms with E-state index in [-0.39, 0.29) is 24.6 Å². The van der Waals surface area contributed by atoms with Crippen molar-refractivity contribution in [2.24, 2.45) is 0 Å². The van der Waals surface area contributed by atoms with Crippen LogP contribution >= 0.6 is 11.3 Å². The van der Waals surface area contributed by atoms with Crippen LogP contribution in [-0.2, 0) is 17.9 Å². The highest BCUT2D eigenvalue weighted by Crippen LogP contribution is 2.28. The molecule has 10 heteroatoms. The minimum absolute atomic E-state index is 0.0606. The summed E-state index contributed by atoms with van der Waals surface area (Å²) in [5.74, 6) is 0.316. The SMILES string of the molecule is C=CCn1c(=O)c2sc(N3CCCCC3)nc2n(CC(=O)Nc2ccc(OCC)cc2)c1=O. The Labute approximate surface area is 194 Å². The molecule has 1 fully saturated rings. The van der Waals surface area contributed by atoms with Gasteiger partial charge in [0.25, 0.3) is 5.56 Å². The fourth-order valence-corrected chi connectivity index (χ4v) is 4.94. The van der Waals surface area contributed by atoms with Gasteiger partial charge in [0.2, 0.25) is 5.91 Å². The Kier molecular flexibility index (Phi) is 6.93. The summed E-state index contributed by atoms with van der Waals surface area (Å²) < 4.78 is 8.15. The summed E-state index contributed by atoms with van der Waals surface area (Å²) in [6, 6.07) is 6.99. The van der Waals surface area contributed by atoms with Crippen LogP contribution in [-0.4, -0.2) is 39.7 Å². The molecule has 0 unspecified atom stereocenters. The van der Waals surface area contributed by atoms with Crippen molar-refractivity contribution in [3.05, 3.63) is 57.8 Å². The lowest BCUT2D eigenvalue weighted by molar-refractivity contribution is -0.116. The van der Waals surface area contributed by atoms with Crippen LogP contribution in [0.4, 0.5) is 10.8 Å². The fourth-order valence-electron chi connectivity index (χ4n) is 3.87. The van der Waals surface area contributed by atoms with Crippen molar-refractivity contribution in [3.8, 4) is 5.75 Å². The number of carbonyl (C=O) groups excluding carboxylic acids is 1. The number of thiazole rings is 1. The minimum Gasteiger partial charge on any atom is -0.494 e. The first-order chi connectivity index (χ1) is 16.0. The number of hydrogen-bond donors (Lipinski definition) is 1. The predicted octanol–water partition coefficient (Wildman–Crippen LogP) is 2.83. The molecule has 1 saturated heterocycles. The third-order valence-corrected chi connectivity index (χ3v) is 6.54. The van der Waals surface area contributed by atoms with Gasteiger partial charge in [-0.1, -0.05) is 17.4 Å². The molecule has 1 amide bonds. The third-order valence-electron chi connectivity index (χ3n) is 5.44. The highest BCUT2D eigenvalue weighted by Gasteiger charge is 2.22. The first-order valence-electron chi connectivity index (χ1n) is 11.0. The second-order valence-corrected chi connectivity index (χ2v) is 8.75. The normalized spacial score (nSPS) is 13.8. The zero-order chi connectivity index (χ0) is 23.4. The Morgan fingerprint density at radius 2 is 1.91 bits per heavy atom. The monoisotopic (exact) mass is 469 g/mol. The van der Waals surface area contributed by atoms with E-state index in [4.69, 9.17) is 4.74 Å². The van der Waals surface area contributed by atoms with Crippen molar-refractivity contribution in [1.82, 2.24) is 14.1 Å². The highest BCUT2D eigenvalue weighted by atomic mass is 32.1. The van der Waals surface area contributed by atoms with Gasteiger partial charge >= 0.3 is 5.69 Å². The smallest absolute Gasteiger partial charge is 0.333 e. The van der Waals surface area contributed by atoms with Crippen LogP contribution in [0.2, 0.25) is 0 Å². The van der Waals surface area contributed by atoms with Gasteiger partial charge in [0.15, 0.2) is 10.8 Å². The summed E-state index contributed by atoms with van der Waals surface area (Å²) in [4.78, 5) is 45.7. The molecule has 33 heavy (non-hydrogen) atoms. The fraction of sp³-hybridized carbons (Fsp3) is 0.391. The van der Waals surface area contributed by atoms with Gasteiger partial charge in [0.1, 0.15) is 17.0 Å². The number of piperidine rings is 1. The van der Waals surface area contributed by atoms with Gasteiger partial charge in [0.05, 0.1) is 6.61 Å². The van der Waals surface area contributed by atoms with Crippen LogP contribution in [0.15, 0.2) is 46.5 Å². The molecule has 0 bridgehead atoms. The molecule has 174 valence electrons. The molecule has 0 spiro atoms. The van der Waals surface area contributed by atoms with E-state index in [1.807, 2.05) is 6.92 Å². The first kappa shape index (κ1) is 22.8. The number of amides is 1. The third kappa shape index (κ3) is 4.85. The van der Waals surface area contributed by atoms with Crippen LogP contribution < -0.4 is 26.2 Å². The van der Waals surface area contributed by atoms with E-state index < -0.39 is 11.2 Å². The van der Waals surface area contributed by atoms with Gasteiger partial charge in [-0.05, 0) is 50.5 Å². The van der Waals surface area contributed by atoms with Crippen molar-refractivity contribution in [1.29, 1.82) is 0 Å². The lowest BCUT2D eigenvalue weighted by Gasteiger charge is -2.25. The largest absolute Gasteiger partial charge is 0.494 e. The van der Waals surface area contributed by atoms with Gasteiger partial charge in [-0.3, -0.25) is 18.7 Å². The lowest BCUT2D eigenvalue weighted by atomic mass is 10.1. The molecular weight excluding hydrogens is 442 g/mol. The van der Waals surface area contributed by atoms with E-state index in [0.717, 1.165) is 30.5 Å². The average molecular weight is 470 g/mol. The standard InChI is InChI=1S/C23H27N5O4S/c1-3-12-27-21(30)19-20(25-22(33-19)26-13-6-5-7-14-26)28(23(27)31)15-18(29)24-16-8-10-17(11-9-16)32-4-2/h3,8-11H,1,4-7,12-15H2,2H3,(H,24,29). The first-order valence-corrected chi connectivity index (χ1v) is 11.9. The van der Waals surface area contributed by atoms with Crippen LogP contribution in [0.5, 0.6) is 5.75 Å². The van der Waals surface area contributed by atoms with Gasteiger partial charge in [-0.25, -0.2) is 9.78 Å². The van der Waals surface area contributed by atoms with Gasteiger partial charge in [-0.2, -0.15) is 0 Å². The number of anilines is 2. The van der Waals surface area contributed by atoms with Gasteiger partial charge in [0, 0.05) is 25.3 Å².